The summed E-state index contributed by atoms with van der Waals surface area (Å²) in [5.41, 5.74) is 3.86. The lowest BCUT2D eigenvalue weighted by atomic mass is 9.90. The summed E-state index contributed by atoms with van der Waals surface area (Å²) >= 11 is 7.47. The molecule has 29 heavy (non-hydrogen) atoms. The van der Waals surface area contributed by atoms with Gasteiger partial charge in [0.05, 0.1) is 12.6 Å². The number of hydrogen-bond acceptors (Lipinski definition) is 4. The molecule has 1 atom stereocenters. The van der Waals surface area contributed by atoms with Gasteiger partial charge in [-0.2, -0.15) is 0 Å². The van der Waals surface area contributed by atoms with Crippen molar-refractivity contribution in [2.45, 2.75) is 19.4 Å². The van der Waals surface area contributed by atoms with Gasteiger partial charge < -0.3 is 9.80 Å². The van der Waals surface area contributed by atoms with Crippen molar-refractivity contribution in [3.05, 3.63) is 57.3 Å². The minimum Gasteiger partial charge on any atom is -0.338 e. The number of carbonyl (C=O) groups is 2. The monoisotopic (exact) mass is 431 g/mol. The fourth-order valence-electron chi connectivity index (χ4n) is 4.36. The van der Waals surface area contributed by atoms with Crippen molar-refractivity contribution in [3.8, 4) is 0 Å². The van der Waals surface area contributed by atoms with E-state index in [-0.39, 0.29) is 23.7 Å². The molecule has 4 rings (SSSR count). The maximum absolute atomic E-state index is 13.1. The molecule has 154 valence electrons. The Morgan fingerprint density at radius 2 is 1.69 bits per heavy atom. The van der Waals surface area contributed by atoms with Gasteiger partial charge in [0.15, 0.2) is 0 Å². The van der Waals surface area contributed by atoms with Crippen molar-refractivity contribution < 1.29 is 9.59 Å². The molecular formula is C22H26ClN3O2S. The van der Waals surface area contributed by atoms with Gasteiger partial charge in [-0.05, 0) is 41.5 Å². The van der Waals surface area contributed by atoms with Gasteiger partial charge in [0, 0.05) is 37.6 Å². The Bertz CT molecular complexity index is 892. The largest absolute Gasteiger partial charge is 0.338 e. The minimum atomic E-state index is -0.0561. The van der Waals surface area contributed by atoms with Crippen molar-refractivity contribution >= 4 is 34.8 Å². The Morgan fingerprint density at radius 1 is 1.00 bits per heavy atom. The minimum absolute atomic E-state index is 0.00278. The number of piperazine rings is 1. The van der Waals surface area contributed by atoms with Gasteiger partial charge in [-0.1, -0.05) is 24.3 Å². The summed E-state index contributed by atoms with van der Waals surface area (Å²) in [7, 11) is 0. The Kier molecular flexibility index (Phi) is 6.23. The zero-order valence-electron chi connectivity index (χ0n) is 16.6. The molecule has 1 aromatic carbocycles. The zero-order valence-corrected chi connectivity index (χ0v) is 18.2. The summed E-state index contributed by atoms with van der Waals surface area (Å²) in [4.78, 5) is 32.2. The number of fused-ring (bicyclic) bond motifs is 1. The molecule has 2 aromatic rings. The van der Waals surface area contributed by atoms with Crippen LogP contribution in [0.15, 0.2) is 35.7 Å². The number of hydrogen-bond donors (Lipinski definition) is 0. The SMILES string of the molecule is Cc1ccccc1C1c2ccsc2CCN1CC(=O)N1CCN(C(=O)CCl)CC1. The van der Waals surface area contributed by atoms with Crippen LogP contribution in [0, 0.1) is 6.92 Å². The number of carbonyl (C=O) groups excluding carboxylic acids is 2. The van der Waals surface area contributed by atoms with Crippen LogP contribution in [0.2, 0.25) is 0 Å². The number of amides is 2. The molecule has 0 bridgehead atoms. The molecule has 3 heterocycles. The van der Waals surface area contributed by atoms with Crippen molar-refractivity contribution in [3.63, 3.8) is 0 Å². The maximum atomic E-state index is 13.1. The molecular weight excluding hydrogens is 406 g/mol. The van der Waals surface area contributed by atoms with E-state index in [1.54, 1.807) is 4.90 Å². The Morgan fingerprint density at radius 3 is 2.38 bits per heavy atom. The van der Waals surface area contributed by atoms with Crippen LogP contribution in [0.5, 0.6) is 0 Å². The summed E-state index contributed by atoms with van der Waals surface area (Å²) in [5.74, 6) is 0.0858. The lowest BCUT2D eigenvalue weighted by Crippen LogP contribution is -2.53. The summed E-state index contributed by atoms with van der Waals surface area (Å²) in [6, 6.07) is 10.8. The molecule has 2 amide bonds. The second kappa shape index (κ2) is 8.86. The highest BCUT2D eigenvalue weighted by Gasteiger charge is 2.33. The number of aryl methyl sites for hydroxylation is 1. The summed E-state index contributed by atoms with van der Waals surface area (Å²) in [6.45, 7) is 5.70. The van der Waals surface area contributed by atoms with E-state index >= 15 is 0 Å². The van der Waals surface area contributed by atoms with E-state index < -0.39 is 0 Å². The predicted molar refractivity (Wildman–Crippen MR) is 116 cm³/mol. The summed E-state index contributed by atoms with van der Waals surface area (Å²) < 4.78 is 0. The molecule has 0 spiro atoms. The molecule has 2 aliphatic heterocycles. The Hall–Kier alpha value is -1.89. The number of nitrogens with zero attached hydrogens (tertiary/aromatic N) is 3. The van der Waals surface area contributed by atoms with E-state index in [1.165, 1.54) is 21.6 Å². The topological polar surface area (TPSA) is 43.9 Å². The van der Waals surface area contributed by atoms with Crippen LogP contribution in [-0.2, 0) is 16.0 Å². The lowest BCUT2D eigenvalue weighted by molar-refractivity contribution is -0.139. The highest BCUT2D eigenvalue weighted by atomic mass is 35.5. The number of thiophene rings is 1. The van der Waals surface area contributed by atoms with Gasteiger partial charge in [0.1, 0.15) is 5.88 Å². The molecule has 0 radical (unpaired) electrons. The summed E-state index contributed by atoms with van der Waals surface area (Å²) in [5, 5.41) is 2.16. The molecule has 1 unspecified atom stereocenters. The van der Waals surface area contributed by atoms with Crippen LogP contribution in [0.3, 0.4) is 0 Å². The number of rotatable bonds is 4. The molecule has 0 aliphatic carbocycles. The second-order valence-corrected chi connectivity index (χ2v) is 8.94. The fourth-order valence-corrected chi connectivity index (χ4v) is 5.43. The number of alkyl halides is 1. The number of halogens is 1. The third-order valence-corrected chi connectivity index (χ3v) is 7.21. The molecule has 5 nitrogen and oxygen atoms in total. The Labute approximate surface area is 180 Å². The van der Waals surface area contributed by atoms with Crippen molar-refractivity contribution in [1.29, 1.82) is 0 Å². The average molecular weight is 432 g/mol. The van der Waals surface area contributed by atoms with E-state index in [0.29, 0.717) is 32.7 Å². The predicted octanol–water partition coefficient (Wildman–Crippen LogP) is 2.91. The molecule has 1 saturated heterocycles. The lowest BCUT2D eigenvalue weighted by Gasteiger charge is -2.39. The van der Waals surface area contributed by atoms with Crippen LogP contribution >= 0.6 is 22.9 Å². The first-order valence-electron chi connectivity index (χ1n) is 10.1. The maximum Gasteiger partial charge on any atom is 0.237 e. The first kappa shape index (κ1) is 20.4. The van der Waals surface area contributed by atoms with Gasteiger partial charge in [-0.15, -0.1) is 22.9 Å². The van der Waals surface area contributed by atoms with Gasteiger partial charge in [-0.25, -0.2) is 0 Å². The fraction of sp³-hybridized carbons (Fsp3) is 0.455. The van der Waals surface area contributed by atoms with E-state index in [2.05, 4.69) is 47.5 Å². The molecule has 1 fully saturated rings. The van der Waals surface area contributed by atoms with Crippen LogP contribution in [0.4, 0.5) is 0 Å². The molecule has 0 saturated carbocycles. The van der Waals surface area contributed by atoms with E-state index in [1.807, 2.05) is 16.2 Å². The van der Waals surface area contributed by atoms with E-state index in [0.717, 1.165) is 13.0 Å². The van der Waals surface area contributed by atoms with Gasteiger partial charge in [-0.3, -0.25) is 14.5 Å². The zero-order chi connectivity index (χ0) is 20.4. The third kappa shape index (κ3) is 4.20. The normalized spacial score (nSPS) is 19.9. The van der Waals surface area contributed by atoms with Crippen molar-refractivity contribution in [1.82, 2.24) is 14.7 Å². The van der Waals surface area contributed by atoms with E-state index in [4.69, 9.17) is 11.6 Å². The van der Waals surface area contributed by atoms with Crippen LogP contribution in [0.25, 0.3) is 0 Å². The quantitative estimate of drug-likeness (QED) is 0.699. The van der Waals surface area contributed by atoms with Crippen LogP contribution in [0.1, 0.15) is 27.6 Å². The second-order valence-electron chi connectivity index (χ2n) is 7.67. The van der Waals surface area contributed by atoms with Crippen LogP contribution < -0.4 is 0 Å². The van der Waals surface area contributed by atoms with Crippen molar-refractivity contribution in [2.75, 3.05) is 45.1 Å². The average Bonchev–Trinajstić information content (AvgIpc) is 3.22. The van der Waals surface area contributed by atoms with Gasteiger partial charge in [0.25, 0.3) is 0 Å². The smallest absolute Gasteiger partial charge is 0.237 e. The van der Waals surface area contributed by atoms with Gasteiger partial charge in [0.2, 0.25) is 11.8 Å². The van der Waals surface area contributed by atoms with E-state index in [9.17, 15) is 9.59 Å². The first-order chi connectivity index (χ1) is 14.1. The third-order valence-electron chi connectivity index (χ3n) is 5.99. The standard InChI is InChI=1S/C22H26ClN3O2S/c1-16-4-2-3-5-17(16)22-18-7-13-29-19(18)6-8-26(22)15-21(28)25-11-9-24(10-12-25)20(27)14-23/h2-5,7,13,22H,6,8-12,14-15H2,1H3. The molecule has 0 N–H and O–H groups in total. The molecule has 2 aliphatic rings. The van der Waals surface area contributed by atoms with Crippen LogP contribution in [-0.4, -0.2) is 71.7 Å². The summed E-state index contributed by atoms with van der Waals surface area (Å²) in [6.07, 6.45) is 0.987. The van der Waals surface area contributed by atoms with Crippen molar-refractivity contribution in [2.24, 2.45) is 0 Å². The first-order valence-corrected chi connectivity index (χ1v) is 11.5. The van der Waals surface area contributed by atoms with Gasteiger partial charge >= 0.3 is 0 Å². The highest BCUT2D eigenvalue weighted by Crippen LogP contribution is 2.38. The number of benzene rings is 1. The molecule has 7 heteroatoms. The highest BCUT2D eigenvalue weighted by molar-refractivity contribution is 7.10. The Balaban J connectivity index is 1.50. The molecule has 1 aromatic heterocycles.